The highest BCUT2D eigenvalue weighted by Gasteiger charge is 2.33. The van der Waals surface area contributed by atoms with Crippen molar-refractivity contribution in [3.8, 4) is 5.88 Å². The van der Waals surface area contributed by atoms with Crippen molar-refractivity contribution < 1.29 is 18.3 Å². The number of rotatable bonds is 6. The highest BCUT2D eigenvalue weighted by atomic mass is 35.5. The van der Waals surface area contributed by atoms with E-state index in [1.54, 1.807) is 4.90 Å². The molecule has 1 amide bonds. The summed E-state index contributed by atoms with van der Waals surface area (Å²) in [6.07, 6.45) is 0.706. The van der Waals surface area contributed by atoms with Crippen LogP contribution in [0, 0.1) is 11.8 Å². The average molecular weight is 453 g/mol. The van der Waals surface area contributed by atoms with Crippen LogP contribution in [0.15, 0.2) is 30.2 Å². The second kappa shape index (κ2) is 9.51. The highest BCUT2D eigenvalue weighted by Crippen LogP contribution is 2.33. The minimum Gasteiger partial charge on any atom is -0.480 e. The number of alkyl halides is 2. The molecule has 31 heavy (non-hydrogen) atoms. The average Bonchev–Trinajstić information content (AvgIpc) is 3.21. The van der Waals surface area contributed by atoms with Gasteiger partial charge in [0, 0.05) is 30.9 Å². The molecule has 0 aliphatic carbocycles. The summed E-state index contributed by atoms with van der Waals surface area (Å²) in [4.78, 5) is 26.6. The third-order valence-corrected chi connectivity index (χ3v) is 5.59. The third kappa shape index (κ3) is 4.90. The van der Waals surface area contributed by atoms with Crippen LogP contribution < -0.4 is 4.74 Å². The number of amides is 1. The molecule has 0 unspecified atom stereocenters. The Morgan fingerprint density at radius 3 is 2.81 bits per heavy atom. The van der Waals surface area contributed by atoms with E-state index < -0.39 is 6.43 Å². The number of hydrogen-bond donors (Lipinski definition) is 0. The molecule has 0 bridgehead atoms. The van der Waals surface area contributed by atoms with Gasteiger partial charge in [0.15, 0.2) is 0 Å². The zero-order valence-electron chi connectivity index (χ0n) is 17.4. The Morgan fingerprint density at radius 2 is 2.16 bits per heavy atom. The van der Waals surface area contributed by atoms with Crippen LogP contribution in [0.3, 0.4) is 0 Å². The molecule has 0 N–H and O–H groups in total. The fourth-order valence-electron chi connectivity index (χ4n) is 3.44. The zero-order valence-corrected chi connectivity index (χ0v) is 18.2. The first-order valence-corrected chi connectivity index (χ1v) is 10.0. The summed E-state index contributed by atoms with van der Waals surface area (Å²) < 4.78 is 32.1. The number of aliphatic imine (C=N–C) groups is 1. The lowest BCUT2D eigenvalue weighted by atomic mass is 9.84. The van der Waals surface area contributed by atoms with Gasteiger partial charge in [0.25, 0.3) is 18.3 Å². The van der Waals surface area contributed by atoms with E-state index in [4.69, 9.17) is 16.3 Å². The van der Waals surface area contributed by atoms with E-state index in [9.17, 15) is 13.6 Å². The van der Waals surface area contributed by atoms with Gasteiger partial charge in [-0.2, -0.15) is 10.1 Å². The molecule has 1 fully saturated rings. The molecular formula is C20H23ClF2N6O2. The molecule has 0 saturated carbocycles. The van der Waals surface area contributed by atoms with Crippen molar-refractivity contribution in [1.82, 2.24) is 24.6 Å². The lowest BCUT2D eigenvalue weighted by molar-refractivity contribution is 0.0652. The Bertz CT molecular complexity index is 1010. The van der Waals surface area contributed by atoms with Crippen molar-refractivity contribution in [2.45, 2.75) is 26.7 Å². The number of ether oxygens (including phenoxy) is 1. The minimum absolute atomic E-state index is 0.0320. The molecule has 3 rings (SSSR count). The molecular weight excluding hydrogens is 430 g/mol. The molecule has 0 spiro atoms. The minimum atomic E-state index is -2.69. The largest absolute Gasteiger partial charge is 0.480 e. The van der Waals surface area contributed by atoms with Crippen molar-refractivity contribution in [3.05, 3.63) is 35.8 Å². The SMILES string of the molecule is C=C([C@@H]1CN(C(=O)c2cnc(OC)c(Cl)c2)CC[C@H]1C)n1ncnc1/N=C(\C)C(F)F. The van der Waals surface area contributed by atoms with E-state index in [0.29, 0.717) is 24.4 Å². The van der Waals surface area contributed by atoms with Crippen LogP contribution >= 0.6 is 11.6 Å². The van der Waals surface area contributed by atoms with Gasteiger partial charge >= 0.3 is 0 Å². The topological polar surface area (TPSA) is 85.5 Å². The molecule has 166 valence electrons. The molecule has 1 saturated heterocycles. The number of nitrogens with zero attached hydrogens (tertiary/aromatic N) is 6. The standard InChI is InChI=1S/C20H23ClF2N6O2/c1-11-5-6-28(19(30)14-7-16(21)18(31-4)24-8-14)9-15(11)13(3)29-20(25-10-26-29)27-12(2)17(22)23/h7-8,10-11,15,17H,3,5-6,9H2,1-2,4H3/b27-12+/t11-,15-/m1/s1. The van der Waals surface area contributed by atoms with Gasteiger partial charge in [0.05, 0.1) is 18.4 Å². The smallest absolute Gasteiger partial charge is 0.276 e. The highest BCUT2D eigenvalue weighted by molar-refractivity contribution is 6.32. The predicted octanol–water partition coefficient (Wildman–Crippen LogP) is 3.96. The van der Waals surface area contributed by atoms with Crippen LogP contribution in [-0.2, 0) is 0 Å². The van der Waals surface area contributed by atoms with Gasteiger partial charge in [0.1, 0.15) is 11.3 Å². The van der Waals surface area contributed by atoms with Crippen LogP contribution in [0.4, 0.5) is 14.7 Å². The number of pyridine rings is 1. The van der Waals surface area contributed by atoms with E-state index in [1.807, 2.05) is 6.92 Å². The van der Waals surface area contributed by atoms with Crippen molar-refractivity contribution in [1.29, 1.82) is 0 Å². The van der Waals surface area contributed by atoms with Crippen LogP contribution in [0.2, 0.25) is 5.02 Å². The van der Waals surface area contributed by atoms with Crippen molar-refractivity contribution in [2.24, 2.45) is 16.8 Å². The molecule has 2 aromatic rings. The number of hydrogen-bond acceptors (Lipinski definition) is 6. The Labute approximate surface area is 183 Å². The van der Waals surface area contributed by atoms with Crippen LogP contribution in [0.25, 0.3) is 5.70 Å². The summed E-state index contributed by atoms with van der Waals surface area (Å²) in [7, 11) is 1.45. The summed E-state index contributed by atoms with van der Waals surface area (Å²) in [6, 6.07) is 1.52. The van der Waals surface area contributed by atoms with Crippen molar-refractivity contribution >= 4 is 34.9 Å². The first kappa shape index (κ1) is 22.8. The van der Waals surface area contributed by atoms with Gasteiger partial charge in [-0.05, 0) is 25.3 Å². The first-order valence-electron chi connectivity index (χ1n) is 9.64. The maximum atomic E-state index is 13.0. The normalized spacial score (nSPS) is 19.6. The zero-order chi connectivity index (χ0) is 22.7. The molecule has 11 heteroatoms. The second-order valence-corrected chi connectivity index (χ2v) is 7.76. The molecule has 2 atom stereocenters. The quantitative estimate of drug-likeness (QED) is 0.619. The predicted molar refractivity (Wildman–Crippen MR) is 113 cm³/mol. The van der Waals surface area contributed by atoms with Crippen molar-refractivity contribution in [3.63, 3.8) is 0 Å². The third-order valence-electron chi connectivity index (χ3n) is 5.32. The Morgan fingerprint density at radius 1 is 1.42 bits per heavy atom. The lowest BCUT2D eigenvalue weighted by Gasteiger charge is -2.38. The molecule has 0 aromatic carbocycles. The van der Waals surface area contributed by atoms with Gasteiger partial charge in [-0.3, -0.25) is 4.79 Å². The summed E-state index contributed by atoms with van der Waals surface area (Å²) in [5.41, 5.74) is 0.525. The van der Waals surface area contributed by atoms with E-state index in [-0.39, 0.29) is 40.3 Å². The number of carbonyl (C=O) groups excluding carboxylic acids is 1. The van der Waals surface area contributed by atoms with E-state index in [1.165, 1.54) is 37.3 Å². The molecule has 1 aliphatic rings. The Balaban J connectivity index is 1.81. The van der Waals surface area contributed by atoms with E-state index in [2.05, 4.69) is 26.6 Å². The van der Waals surface area contributed by atoms with Gasteiger partial charge in [0.2, 0.25) is 5.88 Å². The number of halogens is 3. The summed E-state index contributed by atoms with van der Waals surface area (Å²) in [6.45, 7) is 8.31. The maximum absolute atomic E-state index is 13.0. The lowest BCUT2D eigenvalue weighted by Crippen LogP contribution is -2.44. The molecule has 3 heterocycles. The summed E-state index contributed by atoms with van der Waals surface area (Å²) in [5.74, 6) is 0.0834. The van der Waals surface area contributed by atoms with Gasteiger partial charge < -0.3 is 9.64 Å². The molecule has 2 aromatic heterocycles. The Kier molecular flexibility index (Phi) is 6.99. The van der Waals surface area contributed by atoms with E-state index in [0.717, 1.165) is 6.42 Å². The second-order valence-electron chi connectivity index (χ2n) is 7.36. The van der Waals surface area contributed by atoms with Gasteiger partial charge in [-0.25, -0.2) is 23.4 Å². The molecule has 8 nitrogen and oxygen atoms in total. The first-order chi connectivity index (χ1) is 14.7. The van der Waals surface area contributed by atoms with Crippen molar-refractivity contribution in [2.75, 3.05) is 20.2 Å². The number of aromatic nitrogens is 4. The fraction of sp³-hybridized carbons (Fsp3) is 0.450. The monoisotopic (exact) mass is 452 g/mol. The maximum Gasteiger partial charge on any atom is 0.276 e. The summed E-state index contributed by atoms with van der Waals surface area (Å²) in [5, 5.41) is 4.36. The van der Waals surface area contributed by atoms with Crippen LogP contribution in [-0.4, -0.2) is 62.9 Å². The van der Waals surface area contributed by atoms with Crippen LogP contribution in [0.1, 0.15) is 30.6 Å². The van der Waals surface area contributed by atoms with E-state index >= 15 is 0 Å². The number of methoxy groups -OCH3 is 1. The number of piperidine rings is 1. The Hall–Kier alpha value is -2.88. The van der Waals surface area contributed by atoms with Gasteiger partial charge in [-0.1, -0.05) is 25.1 Å². The number of carbonyl (C=O) groups is 1. The summed E-state index contributed by atoms with van der Waals surface area (Å²) >= 11 is 6.11. The molecule has 1 aliphatic heterocycles. The van der Waals surface area contributed by atoms with Gasteiger partial charge in [-0.15, -0.1) is 0 Å². The fourth-order valence-corrected chi connectivity index (χ4v) is 3.68. The molecule has 0 radical (unpaired) electrons. The van der Waals surface area contributed by atoms with Crippen LogP contribution in [0.5, 0.6) is 5.88 Å². The number of likely N-dealkylation sites (tertiary alicyclic amines) is 1.